The second kappa shape index (κ2) is 6.14. The van der Waals surface area contributed by atoms with E-state index < -0.39 is 0 Å². The molecule has 0 radical (unpaired) electrons. The Morgan fingerprint density at radius 3 is 2.88 bits per heavy atom. The highest BCUT2D eigenvalue weighted by Crippen LogP contribution is 2.36. The van der Waals surface area contributed by atoms with Gasteiger partial charge in [-0.05, 0) is 31.2 Å². The number of nitrogens with zero attached hydrogens (tertiary/aromatic N) is 2. The fourth-order valence-electron chi connectivity index (χ4n) is 2.86. The Balaban J connectivity index is 1.95. The third-order valence-corrected chi connectivity index (χ3v) is 4.69. The fraction of sp³-hybridized carbons (Fsp3) is 0.167. The lowest BCUT2D eigenvalue weighted by molar-refractivity contribution is 0.341. The maximum atomic E-state index is 6.08. The Kier molecular flexibility index (Phi) is 3.84. The molecule has 0 aliphatic heterocycles. The Bertz CT molecular complexity index is 970. The molecule has 0 aliphatic carbocycles. The van der Waals surface area contributed by atoms with Crippen LogP contribution in [0.25, 0.3) is 27.7 Å². The number of hydrogen-bond donors (Lipinski definition) is 1. The SMILES string of the molecule is CCOc1ccccc1-c1nc2scc(-c3ccco3)n2c1CN. The molecule has 0 saturated carbocycles. The van der Waals surface area contributed by atoms with E-state index in [0.29, 0.717) is 13.2 Å². The normalized spacial score (nSPS) is 11.2. The van der Waals surface area contributed by atoms with Gasteiger partial charge in [0, 0.05) is 17.5 Å². The number of thiazole rings is 1. The predicted molar refractivity (Wildman–Crippen MR) is 95.3 cm³/mol. The van der Waals surface area contributed by atoms with Crippen molar-refractivity contribution in [3.8, 4) is 28.5 Å². The smallest absolute Gasteiger partial charge is 0.195 e. The first-order valence-electron chi connectivity index (χ1n) is 7.78. The van der Waals surface area contributed by atoms with Crippen molar-refractivity contribution in [2.45, 2.75) is 13.5 Å². The van der Waals surface area contributed by atoms with Gasteiger partial charge in [-0.15, -0.1) is 11.3 Å². The molecule has 3 aromatic heterocycles. The summed E-state index contributed by atoms with van der Waals surface area (Å²) in [5.74, 6) is 1.62. The van der Waals surface area contributed by atoms with Gasteiger partial charge in [0.25, 0.3) is 0 Å². The lowest BCUT2D eigenvalue weighted by Crippen LogP contribution is -2.04. The molecule has 3 heterocycles. The molecule has 24 heavy (non-hydrogen) atoms. The summed E-state index contributed by atoms with van der Waals surface area (Å²) in [5, 5.41) is 2.04. The van der Waals surface area contributed by atoms with Crippen LogP contribution in [-0.2, 0) is 6.54 Å². The van der Waals surface area contributed by atoms with Gasteiger partial charge in [-0.25, -0.2) is 4.98 Å². The molecule has 0 fully saturated rings. The second-order valence-electron chi connectivity index (χ2n) is 5.26. The number of benzene rings is 1. The number of fused-ring (bicyclic) bond motifs is 1. The van der Waals surface area contributed by atoms with Crippen molar-refractivity contribution in [1.82, 2.24) is 9.38 Å². The van der Waals surface area contributed by atoms with Crippen LogP contribution in [0.5, 0.6) is 5.75 Å². The van der Waals surface area contributed by atoms with Crippen molar-refractivity contribution in [1.29, 1.82) is 0 Å². The molecule has 2 N–H and O–H groups in total. The molecule has 4 aromatic rings. The zero-order valence-corrected chi connectivity index (χ0v) is 14.0. The van der Waals surface area contributed by atoms with Crippen LogP contribution in [0.15, 0.2) is 52.5 Å². The number of nitrogens with two attached hydrogens (primary N) is 1. The molecular weight excluding hydrogens is 322 g/mol. The molecular formula is C18H17N3O2S. The summed E-state index contributed by atoms with van der Waals surface area (Å²) >= 11 is 1.57. The molecule has 4 rings (SSSR count). The molecule has 0 atom stereocenters. The summed E-state index contributed by atoms with van der Waals surface area (Å²) in [6, 6.07) is 11.7. The molecule has 122 valence electrons. The summed E-state index contributed by atoms with van der Waals surface area (Å²) in [5.41, 5.74) is 9.81. The quantitative estimate of drug-likeness (QED) is 0.592. The van der Waals surface area contributed by atoms with E-state index in [0.717, 1.165) is 39.1 Å². The van der Waals surface area contributed by atoms with Crippen molar-refractivity contribution in [3.63, 3.8) is 0 Å². The Hall–Kier alpha value is -2.57. The number of imidazole rings is 1. The van der Waals surface area contributed by atoms with Crippen LogP contribution in [0, 0.1) is 0 Å². The van der Waals surface area contributed by atoms with Gasteiger partial charge in [-0.3, -0.25) is 4.40 Å². The van der Waals surface area contributed by atoms with Gasteiger partial charge < -0.3 is 14.9 Å². The third kappa shape index (κ3) is 2.31. The highest BCUT2D eigenvalue weighted by atomic mass is 32.1. The van der Waals surface area contributed by atoms with Crippen molar-refractivity contribution in [2.75, 3.05) is 6.61 Å². The van der Waals surface area contributed by atoms with Crippen molar-refractivity contribution < 1.29 is 9.15 Å². The van der Waals surface area contributed by atoms with Gasteiger partial charge in [-0.2, -0.15) is 0 Å². The zero-order chi connectivity index (χ0) is 16.5. The first kappa shape index (κ1) is 15.0. The lowest BCUT2D eigenvalue weighted by atomic mass is 10.1. The standard InChI is InChI=1S/C18H17N3O2S/c1-2-22-15-7-4-3-6-12(15)17-13(10-19)21-14(11-24-18(21)20-17)16-8-5-9-23-16/h3-9,11H,2,10,19H2,1H3. The maximum Gasteiger partial charge on any atom is 0.195 e. The van der Waals surface area contributed by atoms with Crippen LogP contribution in [0.1, 0.15) is 12.6 Å². The minimum absolute atomic E-state index is 0.376. The molecule has 0 aliphatic rings. The molecule has 6 heteroatoms. The minimum Gasteiger partial charge on any atom is -0.493 e. The molecule has 0 spiro atoms. The average Bonchev–Trinajstić information content (AvgIpc) is 3.31. The molecule has 0 unspecified atom stereocenters. The number of hydrogen-bond acceptors (Lipinski definition) is 5. The summed E-state index contributed by atoms with van der Waals surface area (Å²) in [7, 11) is 0. The molecule has 1 aromatic carbocycles. The first-order chi connectivity index (χ1) is 11.8. The van der Waals surface area contributed by atoms with Crippen LogP contribution < -0.4 is 10.5 Å². The van der Waals surface area contributed by atoms with E-state index in [2.05, 4.69) is 4.40 Å². The van der Waals surface area contributed by atoms with E-state index in [1.165, 1.54) is 0 Å². The average molecular weight is 339 g/mol. The number of ether oxygens (including phenoxy) is 1. The Morgan fingerprint density at radius 1 is 1.25 bits per heavy atom. The van der Waals surface area contributed by atoms with E-state index in [1.54, 1.807) is 17.6 Å². The Labute approximate surface area is 143 Å². The molecule has 0 amide bonds. The van der Waals surface area contributed by atoms with E-state index in [1.807, 2.05) is 48.7 Å². The van der Waals surface area contributed by atoms with Crippen LogP contribution >= 0.6 is 11.3 Å². The van der Waals surface area contributed by atoms with Gasteiger partial charge in [0.2, 0.25) is 0 Å². The number of furan rings is 1. The topological polar surface area (TPSA) is 65.7 Å². The summed E-state index contributed by atoms with van der Waals surface area (Å²) in [6.07, 6.45) is 1.67. The lowest BCUT2D eigenvalue weighted by Gasteiger charge is -2.09. The van der Waals surface area contributed by atoms with Gasteiger partial charge in [0.15, 0.2) is 10.7 Å². The molecule has 5 nitrogen and oxygen atoms in total. The van der Waals surface area contributed by atoms with Crippen molar-refractivity contribution >= 4 is 16.3 Å². The van der Waals surface area contributed by atoms with Crippen LogP contribution in [0.2, 0.25) is 0 Å². The van der Waals surface area contributed by atoms with E-state index in [4.69, 9.17) is 19.9 Å². The van der Waals surface area contributed by atoms with Crippen molar-refractivity contribution in [3.05, 3.63) is 53.7 Å². The number of rotatable bonds is 5. The van der Waals surface area contributed by atoms with Crippen LogP contribution in [0.4, 0.5) is 0 Å². The number of aromatic nitrogens is 2. The second-order valence-corrected chi connectivity index (χ2v) is 6.09. The summed E-state index contributed by atoms with van der Waals surface area (Å²) in [6.45, 7) is 2.96. The van der Waals surface area contributed by atoms with E-state index >= 15 is 0 Å². The predicted octanol–water partition coefficient (Wildman–Crippen LogP) is 4.18. The van der Waals surface area contributed by atoms with Crippen LogP contribution in [-0.4, -0.2) is 16.0 Å². The van der Waals surface area contributed by atoms with E-state index in [-0.39, 0.29) is 0 Å². The third-order valence-electron chi connectivity index (χ3n) is 3.87. The largest absolute Gasteiger partial charge is 0.493 e. The number of para-hydroxylation sites is 1. The maximum absolute atomic E-state index is 6.08. The zero-order valence-electron chi connectivity index (χ0n) is 13.2. The molecule has 0 bridgehead atoms. The first-order valence-corrected chi connectivity index (χ1v) is 8.66. The van der Waals surface area contributed by atoms with Crippen molar-refractivity contribution in [2.24, 2.45) is 5.73 Å². The van der Waals surface area contributed by atoms with Crippen LogP contribution in [0.3, 0.4) is 0 Å². The summed E-state index contributed by atoms with van der Waals surface area (Å²) in [4.78, 5) is 5.70. The highest BCUT2D eigenvalue weighted by molar-refractivity contribution is 7.15. The highest BCUT2D eigenvalue weighted by Gasteiger charge is 2.20. The summed E-state index contributed by atoms with van der Waals surface area (Å²) < 4.78 is 13.4. The minimum atomic E-state index is 0.376. The molecule has 0 saturated heterocycles. The van der Waals surface area contributed by atoms with Gasteiger partial charge in [0.1, 0.15) is 11.4 Å². The van der Waals surface area contributed by atoms with Gasteiger partial charge >= 0.3 is 0 Å². The van der Waals surface area contributed by atoms with Gasteiger partial charge in [-0.1, -0.05) is 12.1 Å². The van der Waals surface area contributed by atoms with E-state index in [9.17, 15) is 0 Å². The fourth-order valence-corrected chi connectivity index (χ4v) is 3.76. The monoisotopic (exact) mass is 339 g/mol. The van der Waals surface area contributed by atoms with Gasteiger partial charge in [0.05, 0.1) is 24.3 Å². The Morgan fingerprint density at radius 2 is 2.12 bits per heavy atom.